The number of hydrogen-bond acceptors (Lipinski definition) is 6. The number of thiazole rings is 1. The van der Waals surface area contributed by atoms with Crippen molar-refractivity contribution in [2.45, 2.75) is 25.8 Å². The number of thioether (sulfide) groups is 1. The zero-order valence-electron chi connectivity index (χ0n) is 15.5. The molecule has 0 aliphatic carbocycles. The largest absolute Gasteiger partial charge is 0.303 e. The molecule has 0 amide bonds. The van der Waals surface area contributed by atoms with Crippen LogP contribution in [0.25, 0.3) is 21.1 Å². The molecule has 26 heavy (non-hydrogen) atoms. The number of benzene rings is 1. The first-order valence-electron chi connectivity index (χ1n) is 8.93. The van der Waals surface area contributed by atoms with Crippen LogP contribution in [0.3, 0.4) is 0 Å². The highest BCUT2D eigenvalue weighted by molar-refractivity contribution is 7.99. The summed E-state index contributed by atoms with van der Waals surface area (Å²) in [5.74, 6) is 1.04. The lowest BCUT2D eigenvalue weighted by atomic mass is 10.2. The fraction of sp³-hybridized carbons (Fsp3) is 0.350. The van der Waals surface area contributed by atoms with Gasteiger partial charge in [-0.2, -0.15) is 0 Å². The molecule has 3 aromatic rings. The molecule has 0 atom stereocenters. The summed E-state index contributed by atoms with van der Waals surface area (Å²) in [6.07, 6.45) is 0. The number of rotatable bonds is 8. The Morgan fingerprint density at radius 2 is 1.77 bits per heavy atom. The first-order chi connectivity index (χ1) is 12.7. The molecule has 6 heteroatoms. The summed E-state index contributed by atoms with van der Waals surface area (Å²) in [4.78, 5) is 8.22. The summed E-state index contributed by atoms with van der Waals surface area (Å²) >= 11 is 3.43. The normalized spacial score (nSPS) is 11.2. The van der Waals surface area contributed by atoms with E-state index in [1.54, 1.807) is 23.1 Å². The van der Waals surface area contributed by atoms with Gasteiger partial charge in [0.15, 0.2) is 0 Å². The topological polar surface area (TPSA) is 41.9 Å². The van der Waals surface area contributed by atoms with Crippen LogP contribution in [-0.4, -0.2) is 45.5 Å². The molecule has 0 spiro atoms. The van der Waals surface area contributed by atoms with Crippen molar-refractivity contribution in [3.63, 3.8) is 0 Å². The van der Waals surface area contributed by atoms with E-state index in [4.69, 9.17) is 4.98 Å². The molecule has 0 bridgehead atoms. The van der Waals surface area contributed by atoms with E-state index in [0.29, 0.717) is 0 Å². The molecular weight excluding hydrogens is 360 g/mol. The van der Waals surface area contributed by atoms with E-state index in [2.05, 4.69) is 53.2 Å². The molecule has 0 saturated carbocycles. The minimum atomic E-state index is 0.898. The molecule has 2 aromatic heterocycles. The van der Waals surface area contributed by atoms with Crippen molar-refractivity contribution in [2.24, 2.45) is 0 Å². The van der Waals surface area contributed by atoms with E-state index in [1.807, 2.05) is 25.1 Å². The number of aryl methyl sites for hydroxylation is 1. The summed E-state index contributed by atoms with van der Waals surface area (Å²) in [5.41, 5.74) is 3.05. The van der Waals surface area contributed by atoms with E-state index in [1.165, 1.54) is 0 Å². The summed E-state index contributed by atoms with van der Waals surface area (Å²) in [6, 6.07) is 14.4. The number of nitrogens with zero attached hydrogens (tertiary/aromatic N) is 4. The van der Waals surface area contributed by atoms with E-state index in [0.717, 1.165) is 57.2 Å². The van der Waals surface area contributed by atoms with Crippen LogP contribution >= 0.6 is 23.1 Å². The van der Waals surface area contributed by atoms with E-state index in [-0.39, 0.29) is 0 Å². The first kappa shape index (κ1) is 19.0. The number of aromatic nitrogens is 3. The molecule has 1 aromatic carbocycles. The average Bonchev–Trinajstić information content (AvgIpc) is 3.08. The highest BCUT2D eigenvalue weighted by Crippen LogP contribution is 2.34. The first-order valence-corrected chi connectivity index (χ1v) is 10.7. The van der Waals surface area contributed by atoms with Crippen molar-refractivity contribution in [1.29, 1.82) is 0 Å². The molecular formula is C20H24N4S2. The minimum absolute atomic E-state index is 0.898. The lowest BCUT2D eigenvalue weighted by molar-refractivity contribution is 0.324. The van der Waals surface area contributed by atoms with Crippen molar-refractivity contribution < 1.29 is 0 Å². The summed E-state index contributed by atoms with van der Waals surface area (Å²) < 4.78 is 0. The van der Waals surface area contributed by atoms with Gasteiger partial charge in [-0.3, -0.25) is 0 Å². The quantitative estimate of drug-likeness (QED) is 0.511. The molecule has 0 radical (unpaired) electrons. The molecule has 0 saturated heterocycles. The molecule has 0 unspecified atom stereocenters. The smallest absolute Gasteiger partial charge is 0.124 e. The molecule has 136 valence electrons. The summed E-state index contributed by atoms with van der Waals surface area (Å²) in [6.45, 7) is 9.70. The highest BCUT2D eigenvalue weighted by Gasteiger charge is 2.13. The second-order valence-electron chi connectivity index (χ2n) is 5.93. The Balaban J connectivity index is 1.68. The van der Waals surface area contributed by atoms with Gasteiger partial charge >= 0.3 is 0 Å². The second-order valence-corrected chi connectivity index (χ2v) is 8.05. The molecule has 0 aliphatic rings. The van der Waals surface area contributed by atoms with Crippen LogP contribution in [0.4, 0.5) is 0 Å². The number of hydrogen-bond donors (Lipinski definition) is 0. The van der Waals surface area contributed by atoms with Crippen molar-refractivity contribution in [1.82, 2.24) is 20.1 Å². The molecule has 0 aliphatic heterocycles. The van der Waals surface area contributed by atoms with Gasteiger partial charge in [0, 0.05) is 17.9 Å². The Kier molecular flexibility index (Phi) is 6.77. The molecule has 4 nitrogen and oxygen atoms in total. The fourth-order valence-corrected chi connectivity index (χ4v) is 4.53. The van der Waals surface area contributed by atoms with Gasteiger partial charge < -0.3 is 4.90 Å². The third kappa shape index (κ3) is 4.69. The lowest BCUT2D eigenvalue weighted by Gasteiger charge is -2.16. The average molecular weight is 385 g/mol. The van der Waals surface area contributed by atoms with E-state index < -0.39 is 0 Å². The Labute approximate surface area is 163 Å². The Morgan fingerprint density at radius 3 is 2.42 bits per heavy atom. The van der Waals surface area contributed by atoms with Crippen molar-refractivity contribution in [2.75, 3.05) is 25.4 Å². The maximum atomic E-state index is 4.71. The molecule has 3 rings (SSSR count). The monoisotopic (exact) mass is 384 g/mol. The zero-order valence-corrected chi connectivity index (χ0v) is 17.1. The maximum absolute atomic E-state index is 4.71. The Morgan fingerprint density at radius 1 is 1.00 bits per heavy atom. The van der Waals surface area contributed by atoms with Gasteiger partial charge in [0.2, 0.25) is 0 Å². The third-order valence-electron chi connectivity index (χ3n) is 4.24. The van der Waals surface area contributed by atoms with Gasteiger partial charge in [-0.05, 0) is 32.1 Å². The minimum Gasteiger partial charge on any atom is -0.303 e. The molecule has 0 fully saturated rings. The molecule has 2 heterocycles. The van der Waals surface area contributed by atoms with Gasteiger partial charge in [0.25, 0.3) is 0 Å². The van der Waals surface area contributed by atoms with Crippen molar-refractivity contribution >= 4 is 23.1 Å². The van der Waals surface area contributed by atoms with Gasteiger partial charge in [-0.25, -0.2) is 4.98 Å². The predicted octanol–water partition coefficient (Wildman–Crippen LogP) is 5.01. The highest BCUT2D eigenvalue weighted by atomic mass is 32.2. The second kappa shape index (κ2) is 9.26. The van der Waals surface area contributed by atoms with Gasteiger partial charge in [0.05, 0.1) is 10.6 Å². The third-order valence-corrected chi connectivity index (χ3v) is 6.37. The zero-order chi connectivity index (χ0) is 18.4. The van der Waals surface area contributed by atoms with Crippen molar-refractivity contribution in [3.05, 3.63) is 48.2 Å². The summed E-state index contributed by atoms with van der Waals surface area (Å²) in [7, 11) is 0. The van der Waals surface area contributed by atoms with Crippen LogP contribution in [-0.2, 0) is 0 Å². The predicted molar refractivity (Wildman–Crippen MR) is 112 cm³/mol. The van der Waals surface area contributed by atoms with Crippen LogP contribution in [0.15, 0.2) is 47.5 Å². The van der Waals surface area contributed by atoms with Crippen LogP contribution in [0.5, 0.6) is 0 Å². The summed E-state index contributed by atoms with van der Waals surface area (Å²) in [5, 5.41) is 10.8. The van der Waals surface area contributed by atoms with Gasteiger partial charge in [0.1, 0.15) is 15.7 Å². The van der Waals surface area contributed by atoms with Gasteiger partial charge in [-0.15, -0.1) is 33.3 Å². The van der Waals surface area contributed by atoms with Crippen LogP contribution in [0, 0.1) is 6.92 Å². The SMILES string of the molecule is CCN(CC)CCSc1ccc(-c2sc(-c3ccccc3)nc2C)nn1. The maximum Gasteiger partial charge on any atom is 0.124 e. The Hall–Kier alpha value is -1.76. The van der Waals surface area contributed by atoms with Gasteiger partial charge in [-0.1, -0.05) is 44.2 Å². The van der Waals surface area contributed by atoms with Crippen LogP contribution < -0.4 is 0 Å². The standard InChI is InChI=1S/C20H24N4S2/c1-4-24(5-2)13-14-25-18-12-11-17(22-23-18)19-15(3)21-20(26-19)16-9-7-6-8-10-16/h6-12H,4-5,13-14H2,1-3H3. The van der Waals surface area contributed by atoms with E-state index in [9.17, 15) is 0 Å². The van der Waals surface area contributed by atoms with E-state index >= 15 is 0 Å². The van der Waals surface area contributed by atoms with Crippen LogP contribution in [0.2, 0.25) is 0 Å². The molecule has 0 N–H and O–H groups in total. The lowest BCUT2D eigenvalue weighted by Crippen LogP contribution is -2.25. The van der Waals surface area contributed by atoms with Crippen LogP contribution in [0.1, 0.15) is 19.5 Å². The van der Waals surface area contributed by atoms with Crippen molar-refractivity contribution in [3.8, 4) is 21.1 Å². The Bertz CT molecular complexity index is 812. The fourth-order valence-electron chi connectivity index (χ4n) is 2.68.